The van der Waals surface area contributed by atoms with Crippen molar-refractivity contribution in [2.24, 2.45) is 0 Å². The summed E-state index contributed by atoms with van der Waals surface area (Å²) < 4.78 is 13.9. The molecule has 0 saturated carbocycles. The Kier molecular flexibility index (Phi) is 4.31. The van der Waals surface area contributed by atoms with Gasteiger partial charge in [0.15, 0.2) is 0 Å². The highest BCUT2D eigenvalue weighted by Crippen LogP contribution is 2.31. The summed E-state index contributed by atoms with van der Waals surface area (Å²) in [5.74, 6) is -0.220. The van der Waals surface area contributed by atoms with E-state index < -0.39 is 0 Å². The van der Waals surface area contributed by atoms with Gasteiger partial charge in [-0.1, -0.05) is 35.0 Å². The van der Waals surface area contributed by atoms with Crippen LogP contribution in [0.15, 0.2) is 40.2 Å². The second kappa shape index (κ2) is 5.76. The van der Waals surface area contributed by atoms with Crippen molar-refractivity contribution < 1.29 is 4.39 Å². The molecule has 1 aromatic carbocycles. The van der Waals surface area contributed by atoms with Gasteiger partial charge in [-0.15, -0.1) is 11.3 Å². The van der Waals surface area contributed by atoms with Gasteiger partial charge in [0.2, 0.25) is 0 Å². The van der Waals surface area contributed by atoms with Crippen molar-refractivity contribution in [3.05, 3.63) is 56.4 Å². The van der Waals surface area contributed by atoms with E-state index in [1.165, 1.54) is 17.0 Å². The highest BCUT2D eigenvalue weighted by atomic mass is 79.9. The molecule has 0 radical (unpaired) electrons. The molecule has 1 unspecified atom stereocenters. The number of hydrogen-bond acceptors (Lipinski definition) is 2. The minimum Gasteiger partial charge on any atom is -0.306 e. The molecule has 4 heteroatoms. The van der Waals surface area contributed by atoms with Gasteiger partial charge in [0.1, 0.15) is 5.82 Å². The van der Waals surface area contributed by atoms with Crippen molar-refractivity contribution in [3.8, 4) is 0 Å². The predicted octanol–water partition coefficient (Wildman–Crippen LogP) is 4.35. The Morgan fingerprint density at radius 1 is 1.41 bits per heavy atom. The van der Waals surface area contributed by atoms with Gasteiger partial charge in [-0.25, -0.2) is 4.39 Å². The van der Waals surface area contributed by atoms with Crippen molar-refractivity contribution in [2.75, 3.05) is 6.54 Å². The summed E-state index contributed by atoms with van der Waals surface area (Å²) in [4.78, 5) is 1.24. The van der Waals surface area contributed by atoms with Gasteiger partial charge in [0.25, 0.3) is 0 Å². The van der Waals surface area contributed by atoms with Crippen LogP contribution in [0.2, 0.25) is 0 Å². The van der Waals surface area contributed by atoms with Crippen molar-refractivity contribution in [3.63, 3.8) is 0 Å². The van der Waals surface area contributed by atoms with E-state index in [-0.39, 0.29) is 11.9 Å². The molecule has 17 heavy (non-hydrogen) atoms. The molecule has 0 amide bonds. The van der Waals surface area contributed by atoms with Crippen molar-refractivity contribution in [1.82, 2.24) is 5.32 Å². The summed E-state index contributed by atoms with van der Waals surface area (Å²) in [5, 5.41) is 5.47. The maximum absolute atomic E-state index is 13.1. The third kappa shape index (κ3) is 2.94. The SMILES string of the molecule is CCNC(c1cccs1)c1ccc(F)cc1Br. The fraction of sp³-hybridized carbons (Fsp3) is 0.231. The topological polar surface area (TPSA) is 12.0 Å². The molecule has 0 aliphatic heterocycles. The van der Waals surface area contributed by atoms with E-state index in [1.807, 2.05) is 12.1 Å². The largest absolute Gasteiger partial charge is 0.306 e. The zero-order valence-corrected chi connectivity index (χ0v) is 11.8. The van der Waals surface area contributed by atoms with E-state index in [9.17, 15) is 4.39 Å². The highest BCUT2D eigenvalue weighted by molar-refractivity contribution is 9.10. The van der Waals surface area contributed by atoms with Crippen LogP contribution < -0.4 is 5.32 Å². The Bertz CT molecular complexity index is 484. The Balaban J connectivity index is 2.39. The quantitative estimate of drug-likeness (QED) is 0.885. The number of nitrogens with one attached hydrogen (secondary N) is 1. The molecule has 0 spiro atoms. The van der Waals surface area contributed by atoms with E-state index in [4.69, 9.17) is 0 Å². The Morgan fingerprint density at radius 2 is 2.24 bits per heavy atom. The lowest BCUT2D eigenvalue weighted by molar-refractivity contribution is 0.614. The van der Waals surface area contributed by atoms with E-state index >= 15 is 0 Å². The molecule has 0 saturated heterocycles. The summed E-state index contributed by atoms with van der Waals surface area (Å²) in [6.07, 6.45) is 0. The summed E-state index contributed by atoms with van der Waals surface area (Å²) in [7, 11) is 0. The maximum Gasteiger partial charge on any atom is 0.124 e. The standard InChI is InChI=1S/C13H13BrFNS/c1-2-16-13(12-4-3-7-17-12)10-6-5-9(15)8-11(10)14/h3-8,13,16H,2H2,1H3. The Morgan fingerprint density at radius 3 is 2.82 bits per heavy atom. The first-order valence-corrected chi connectivity index (χ1v) is 7.11. The van der Waals surface area contributed by atoms with Crippen molar-refractivity contribution in [2.45, 2.75) is 13.0 Å². The first-order chi connectivity index (χ1) is 8.22. The minimum absolute atomic E-state index is 0.120. The third-order valence-electron chi connectivity index (χ3n) is 2.51. The van der Waals surface area contributed by atoms with Gasteiger partial charge in [-0.2, -0.15) is 0 Å². The molecule has 0 fully saturated rings. The number of benzene rings is 1. The summed E-state index contributed by atoms with van der Waals surface area (Å²) >= 11 is 5.13. The molecule has 0 aliphatic rings. The molecule has 0 aliphatic carbocycles. The van der Waals surface area contributed by atoms with Crippen LogP contribution in [0.3, 0.4) is 0 Å². The molecule has 1 nitrogen and oxygen atoms in total. The summed E-state index contributed by atoms with van der Waals surface area (Å²) in [6.45, 7) is 2.93. The number of hydrogen-bond donors (Lipinski definition) is 1. The first-order valence-electron chi connectivity index (χ1n) is 5.44. The average Bonchev–Trinajstić information content (AvgIpc) is 2.80. The fourth-order valence-corrected chi connectivity index (χ4v) is 3.16. The number of thiophene rings is 1. The van der Waals surface area contributed by atoms with Crippen LogP contribution in [0.1, 0.15) is 23.4 Å². The highest BCUT2D eigenvalue weighted by Gasteiger charge is 2.16. The third-order valence-corrected chi connectivity index (χ3v) is 4.13. The van der Waals surface area contributed by atoms with Crippen LogP contribution in [0.4, 0.5) is 4.39 Å². The van der Waals surface area contributed by atoms with Crippen LogP contribution in [0.5, 0.6) is 0 Å². The first kappa shape index (κ1) is 12.7. The lowest BCUT2D eigenvalue weighted by Crippen LogP contribution is -2.21. The summed E-state index contributed by atoms with van der Waals surface area (Å²) in [6, 6.07) is 9.07. The molecule has 2 rings (SSSR count). The second-order valence-corrected chi connectivity index (χ2v) is 5.51. The van der Waals surface area contributed by atoms with Gasteiger partial charge in [0.05, 0.1) is 6.04 Å². The van der Waals surface area contributed by atoms with Gasteiger partial charge >= 0.3 is 0 Å². The fourth-order valence-electron chi connectivity index (χ4n) is 1.76. The van der Waals surface area contributed by atoms with Crippen LogP contribution in [0.25, 0.3) is 0 Å². The minimum atomic E-state index is -0.220. The summed E-state index contributed by atoms with van der Waals surface area (Å²) in [5.41, 5.74) is 1.07. The van der Waals surface area contributed by atoms with E-state index in [2.05, 4.69) is 39.6 Å². The molecular weight excluding hydrogens is 301 g/mol. The van der Waals surface area contributed by atoms with Gasteiger partial charge in [-0.3, -0.25) is 0 Å². The predicted molar refractivity (Wildman–Crippen MR) is 73.9 cm³/mol. The van der Waals surface area contributed by atoms with Crippen LogP contribution in [0, 0.1) is 5.82 Å². The van der Waals surface area contributed by atoms with E-state index in [0.29, 0.717) is 0 Å². The van der Waals surface area contributed by atoms with Crippen LogP contribution in [-0.4, -0.2) is 6.54 Å². The van der Waals surface area contributed by atoms with Gasteiger partial charge < -0.3 is 5.32 Å². The smallest absolute Gasteiger partial charge is 0.124 e. The molecule has 90 valence electrons. The Hall–Kier alpha value is -0.710. The van der Waals surface area contributed by atoms with Gasteiger partial charge in [0, 0.05) is 9.35 Å². The van der Waals surface area contributed by atoms with Crippen molar-refractivity contribution in [1.29, 1.82) is 0 Å². The molecule has 1 atom stereocenters. The zero-order chi connectivity index (χ0) is 12.3. The lowest BCUT2D eigenvalue weighted by atomic mass is 10.1. The molecule has 1 aromatic heterocycles. The number of halogens is 2. The average molecular weight is 314 g/mol. The normalized spacial score (nSPS) is 12.6. The molecule has 0 bridgehead atoms. The molecule has 1 N–H and O–H groups in total. The molecular formula is C13H13BrFNS. The Labute approximate surface area is 113 Å². The molecule has 1 heterocycles. The monoisotopic (exact) mass is 313 g/mol. The van der Waals surface area contributed by atoms with E-state index in [1.54, 1.807) is 11.3 Å². The number of rotatable bonds is 4. The maximum atomic E-state index is 13.1. The van der Waals surface area contributed by atoms with Crippen LogP contribution >= 0.6 is 27.3 Å². The van der Waals surface area contributed by atoms with Gasteiger partial charge in [-0.05, 0) is 35.7 Å². The second-order valence-electron chi connectivity index (χ2n) is 3.67. The molecule has 2 aromatic rings. The van der Waals surface area contributed by atoms with E-state index in [0.717, 1.165) is 16.6 Å². The van der Waals surface area contributed by atoms with Crippen molar-refractivity contribution >= 4 is 27.3 Å². The van der Waals surface area contributed by atoms with Crippen LogP contribution in [-0.2, 0) is 0 Å². The lowest BCUT2D eigenvalue weighted by Gasteiger charge is -2.18. The zero-order valence-electron chi connectivity index (χ0n) is 9.41.